The molecule has 12 heteroatoms. The fourth-order valence-corrected chi connectivity index (χ4v) is 4.91. The lowest BCUT2D eigenvalue weighted by Crippen LogP contribution is -2.55. The van der Waals surface area contributed by atoms with Gasteiger partial charge in [0, 0.05) is 39.3 Å². The SMILES string of the molecule is CCC(F)(CC)CN1CCN(C(=O)C2CCCN2c2nc(N)n3nc(-c4ccco4)nc3n2)CC1. The zero-order valence-electron chi connectivity index (χ0n) is 20.2. The molecule has 2 N–H and O–H groups in total. The molecular weight excluding hydrogens is 453 g/mol. The first-order valence-corrected chi connectivity index (χ1v) is 12.3. The van der Waals surface area contributed by atoms with Crippen LogP contribution in [0.4, 0.5) is 16.3 Å². The first-order chi connectivity index (χ1) is 16.9. The highest BCUT2D eigenvalue weighted by Gasteiger charge is 2.37. The number of amides is 1. The summed E-state index contributed by atoms with van der Waals surface area (Å²) in [5, 5.41) is 4.33. The Morgan fingerprint density at radius 3 is 2.63 bits per heavy atom. The average Bonchev–Trinajstić information content (AvgIpc) is 3.64. The first kappa shape index (κ1) is 23.5. The van der Waals surface area contributed by atoms with Crippen LogP contribution in [0.2, 0.25) is 0 Å². The Hall–Kier alpha value is -3.28. The van der Waals surface area contributed by atoms with Gasteiger partial charge in [0.2, 0.25) is 23.6 Å². The molecule has 35 heavy (non-hydrogen) atoms. The van der Waals surface area contributed by atoms with E-state index in [4.69, 9.17) is 10.2 Å². The summed E-state index contributed by atoms with van der Waals surface area (Å²) in [6.45, 7) is 7.38. The van der Waals surface area contributed by atoms with Crippen molar-refractivity contribution in [2.24, 2.45) is 0 Å². The molecule has 1 atom stereocenters. The molecule has 2 saturated heterocycles. The van der Waals surface area contributed by atoms with Gasteiger partial charge in [0.1, 0.15) is 11.7 Å². The van der Waals surface area contributed by atoms with Crippen molar-refractivity contribution in [3.05, 3.63) is 18.4 Å². The van der Waals surface area contributed by atoms with Crippen molar-refractivity contribution in [3.63, 3.8) is 0 Å². The van der Waals surface area contributed by atoms with Gasteiger partial charge in [0.15, 0.2) is 5.76 Å². The van der Waals surface area contributed by atoms with Gasteiger partial charge in [-0.1, -0.05) is 13.8 Å². The first-order valence-electron chi connectivity index (χ1n) is 12.3. The maximum absolute atomic E-state index is 14.8. The predicted molar refractivity (Wildman–Crippen MR) is 129 cm³/mol. The van der Waals surface area contributed by atoms with Crippen LogP contribution in [0.25, 0.3) is 17.4 Å². The Labute approximate surface area is 203 Å². The topological polar surface area (TPSA) is 122 Å². The number of furan rings is 1. The highest BCUT2D eigenvalue weighted by atomic mass is 19.1. The van der Waals surface area contributed by atoms with Crippen molar-refractivity contribution >= 4 is 23.6 Å². The third-order valence-corrected chi connectivity index (χ3v) is 7.22. The van der Waals surface area contributed by atoms with E-state index in [-0.39, 0.29) is 17.9 Å². The molecule has 188 valence electrons. The van der Waals surface area contributed by atoms with E-state index < -0.39 is 5.67 Å². The van der Waals surface area contributed by atoms with Gasteiger partial charge in [-0.3, -0.25) is 9.69 Å². The number of nitrogen functional groups attached to an aromatic ring is 1. The number of piperazine rings is 1. The second-order valence-corrected chi connectivity index (χ2v) is 9.32. The summed E-state index contributed by atoms with van der Waals surface area (Å²) in [5.41, 5.74) is 5.00. The molecule has 0 spiro atoms. The standard InChI is InChI=1S/C23H32FN9O2/c1-3-23(24,4-2)15-30-10-12-31(13-11-30)19(34)16-7-5-9-32(16)21-27-20(25)33-22(28-21)26-18(29-33)17-8-6-14-35-17/h6,8,14,16H,3-5,7,9-13,15H2,1-2H3,(H2,25,26,27,28,29). The number of carbonyl (C=O) groups is 1. The summed E-state index contributed by atoms with van der Waals surface area (Å²) in [4.78, 5) is 32.8. The Morgan fingerprint density at radius 2 is 1.94 bits per heavy atom. The van der Waals surface area contributed by atoms with Crippen LogP contribution in [-0.4, -0.2) is 91.3 Å². The van der Waals surface area contributed by atoms with Crippen molar-refractivity contribution in [3.8, 4) is 11.6 Å². The molecule has 0 bridgehead atoms. The van der Waals surface area contributed by atoms with Gasteiger partial charge in [-0.25, -0.2) is 4.39 Å². The lowest BCUT2D eigenvalue weighted by molar-refractivity contribution is -0.134. The van der Waals surface area contributed by atoms with E-state index in [2.05, 4.69) is 25.0 Å². The number of aromatic nitrogens is 5. The summed E-state index contributed by atoms with van der Waals surface area (Å²) in [7, 11) is 0. The summed E-state index contributed by atoms with van der Waals surface area (Å²) < 4.78 is 21.6. The Morgan fingerprint density at radius 1 is 1.17 bits per heavy atom. The van der Waals surface area contributed by atoms with Crippen molar-refractivity contribution in [2.75, 3.05) is 49.9 Å². The largest absolute Gasteiger partial charge is 0.461 e. The average molecular weight is 486 g/mol. The number of hydrogen-bond donors (Lipinski definition) is 1. The summed E-state index contributed by atoms with van der Waals surface area (Å²) in [6, 6.07) is 3.15. The normalized spacial score (nSPS) is 19.7. The molecule has 11 nitrogen and oxygen atoms in total. The van der Waals surface area contributed by atoms with Gasteiger partial charge < -0.3 is 20.0 Å². The molecule has 1 unspecified atom stereocenters. The third-order valence-electron chi connectivity index (χ3n) is 7.22. The fraction of sp³-hybridized carbons (Fsp3) is 0.609. The number of anilines is 2. The molecule has 2 aliphatic rings. The number of rotatable bonds is 7. The summed E-state index contributed by atoms with van der Waals surface area (Å²) in [6.07, 6.45) is 4.12. The van der Waals surface area contributed by atoms with E-state index in [9.17, 15) is 9.18 Å². The van der Waals surface area contributed by atoms with Crippen LogP contribution in [0.3, 0.4) is 0 Å². The van der Waals surface area contributed by atoms with Crippen molar-refractivity contribution in [1.29, 1.82) is 0 Å². The van der Waals surface area contributed by atoms with Gasteiger partial charge in [0.05, 0.1) is 6.26 Å². The molecule has 2 aliphatic heterocycles. The van der Waals surface area contributed by atoms with Crippen LogP contribution < -0.4 is 10.6 Å². The molecule has 3 aromatic heterocycles. The van der Waals surface area contributed by atoms with E-state index in [1.807, 2.05) is 23.6 Å². The highest BCUT2D eigenvalue weighted by Crippen LogP contribution is 2.27. The van der Waals surface area contributed by atoms with Crippen LogP contribution in [-0.2, 0) is 4.79 Å². The van der Waals surface area contributed by atoms with Crippen LogP contribution >= 0.6 is 0 Å². The van der Waals surface area contributed by atoms with E-state index in [0.717, 1.165) is 12.8 Å². The van der Waals surface area contributed by atoms with Gasteiger partial charge >= 0.3 is 0 Å². The van der Waals surface area contributed by atoms with Crippen LogP contribution in [0, 0.1) is 0 Å². The minimum Gasteiger partial charge on any atom is -0.461 e. The number of hydrogen-bond acceptors (Lipinski definition) is 9. The predicted octanol–water partition coefficient (Wildman–Crippen LogP) is 2.00. The number of nitrogens with two attached hydrogens (primary N) is 1. The molecule has 2 fully saturated rings. The lowest BCUT2D eigenvalue weighted by Gasteiger charge is -2.39. The third kappa shape index (κ3) is 4.54. The van der Waals surface area contributed by atoms with Crippen LogP contribution in [0.5, 0.6) is 0 Å². The number of carbonyl (C=O) groups excluding carboxylic acids is 1. The molecule has 3 aromatic rings. The van der Waals surface area contributed by atoms with E-state index in [1.54, 1.807) is 18.4 Å². The minimum absolute atomic E-state index is 0.0550. The summed E-state index contributed by atoms with van der Waals surface area (Å²) >= 11 is 0. The molecule has 1 amide bonds. The fourth-order valence-electron chi connectivity index (χ4n) is 4.91. The Bertz CT molecular complexity index is 1170. The van der Waals surface area contributed by atoms with E-state index in [1.165, 1.54) is 4.52 Å². The molecule has 0 aromatic carbocycles. The van der Waals surface area contributed by atoms with Gasteiger partial charge in [0.25, 0.3) is 5.78 Å². The molecule has 0 aliphatic carbocycles. The smallest absolute Gasteiger partial charge is 0.259 e. The highest BCUT2D eigenvalue weighted by molar-refractivity contribution is 5.85. The maximum atomic E-state index is 14.8. The van der Waals surface area contributed by atoms with Gasteiger partial charge in [-0.05, 0) is 37.8 Å². The zero-order chi connectivity index (χ0) is 24.6. The second-order valence-electron chi connectivity index (χ2n) is 9.32. The Balaban J connectivity index is 1.29. The van der Waals surface area contributed by atoms with Gasteiger partial charge in [-0.2, -0.15) is 19.5 Å². The number of halogens is 1. The summed E-state index contributed by atoms with van der Waals surface area (Å²) in [5.74, 6) is 1.74. The maximum Gasteiger partial charge on any atom is 0.259 e. The molecule has 0 saturated carbocycles. The number of fused-ring (bicyclic) bond motifs is 1. The van der Waals surface area contributed by atoms with E-state index in [0.29, 0.717) is 75.4 Å². The quantitative estimate of drug-likeness (QED) is 0.535. The van der Waals surface area contributed by atoms with E-state index >= 15 is 0 Å². The lowest BCUT2D eigenvalue weighted by atomic mass is 9.98. The van der Waals surface area contributed by atoms with Crippen molar-refractivity contribution < 1.29 is 13.6 Å². The van der Waals surface area contributed by atoms with Gasteiger partial charge in [-0.15, -0.1) is 5.10 Å². The van der Waals surface area contributed by atoms with Crippen molar-refractivity contribution in [1.82, 2.24) is 34.4 Å². The Kier molecular flexibility index (Phi) is 6.30. The van der Waals surface area contributed by atoms with Crippen LogP contribution in [0.1, 0.15) is 39.5 Å². The van der Waals surface area contributed by atoms with Crippen molar-refractivity contribution in [2.45, 2.75) is 51.2 Å². The monoisotopic (exact) mass is 485 g/mol. The number of alkyl halides is 1. The molecule has 5 rings (SSSR count). The second kappa shape index (κ2) is 9.40. The molecular formula is C23H32FN9O2. The minimum atomic E-state index is -1.16. The van der Waals surface area contributed by atoms with Crippen LogP contribution in [0.15, 0.2) is 22.8 Å². The molecule has 5 heterocycles. The molecule has 0 radical (unpaired) electrons. The zero-order valence-corrected chi connectivity index (χ0v) is 20.2. The number of nitrogens with zero attached hydrogens (tertiary/aromatic N) is 8.